The number of amides is 1. The number of aromatic amines is 1. The van der Waals surface area contributed by atoms with Crippen LogP contribution in [0, 0.1) is 0 Å². The number of nitrogens with zero attached hydrogens (tertiary/aromatic N) is 3. The van der Waals surface area contributed by atoms with Gasteiger partial charge in [-0.2, -0.15) is 4.98 Å². The molecule has 8 nitrogen and oxygen atoms in total. The Morgan fingerprint density at radius 1 is 1.25 bits per heavy atom. The van der Waals surface area contributed by atoms with E-state index in [-0.39, 0.29) is 18.5 Å². The Morgan fingerprint density at radius 3 is 2.75 bits per heavy atom. The standard InChI is InChI=1S/C16H16N4O4/c1-4-23-16(22)24-15-17-8-12-13(19-15)10-7-9(14(21)20(2)3)5-6-11(10)18-12/h5-8,18H,4H2,1-3H3. The average Bonchev–Trinajstić information content (AvgIpc) is 2.91. The van der Waals surface area contributed by atoms with Crippen LogP contribution in [0.15, 0.2) is 24.4 Å². The highest BCUT2D eigenvalue weighted by Crippen LogP contribution is 2.26. The van der Waals surface area contributed by atoms with E-state index in [1.54, 1.807) is 39.2 Å². The molecule has 0 aliphatic rings. The summed E-state index contributed by atoms with van der Waals surface area (Å²) in [6.45, 7) is 1.87. The Bertz CT molecular complexity index is 932. The molecule has 1 N–H and O–H groups in total. The molecule has 0 bridgehead atoms. The van der Waals surface area contributed by atoms with Gasteiger partial charge in [0.1, 0.15) is 5.52 Å². The number of aromatic nitrogens is 3. The Labute approximate surface area is 137 Å². The predicted molar refractivity (Wildman–Crippen MR) is 87.1 cm³/mol. The maximum atomic E-state index is 12.1. The molecule has 0 aliphatic heterocycles. The quantitative estimate of drug-likeness (QED) is 0.741. The molecular weight excluding hydrogens is 312 g/mol. The van der Waals surface area contributed by atoms with Crippen molar-refractivity contribution < 1.29 is 19.1 Å². The summed E-state index contributed by atoms with van der Waals surface area (Å²) in [5, 5.41) is 0.744. The van der Waals surface area contributed by atoms with Crippen LogP contribution in [0.2, 0.25) is 0 Å². The highest BCUT2D eigenvalue weighted by molar-refractivity contribution is 6.08. The average molecular weight is 328 g/mol. The lowest BCUT2D eigenvalue weighted by molar-refractivity contribution is 0.0827. The monoisotopic (exact) mass is 328 g/mol. The van der Waals surface area contributed by atoms with Crippen molar-refractivity contribution in [3.05, 3.63) is 30.0 Å². The first kappa shape index (κ1) is 15.7. The van der Waals surface area contributed by atoms with Crippen LogP contribution in [0.5, 0.6) is 6.01 Å². The smallest absolute Gasteiger partial charge is 0.434 e. The highest BCUT2D eigenvalue weighted by Gasteiger charge is 2.14. The van der Waals surface area contributed by atoms with Crippen molar-refractivity contribution in [1.29, 1.82) is 0 Å². The van der Waals surface area contributed by atoms with Crippen molar-refractivity contribution in [1.82, 2.24) is 19.9 Å². The number of fused-ring (bicyclic) bond motifs is 3. The van der Waals surface area contributed by atoms with Crippen molar-refractivity contribution in [3.63, 3.8) is 0 Å². The third kappa shape index (κ3) is 2.85. The third-order valence-electron chi connectivity index (χ3n) is 3.40. The number of hydrogen-bond donors (Lipinski definition) is 1. The normalized spacial score (nSPS) is 10.8. The third-order valence-corrected chi connectivity index (χ3v) is 3.40. The molecule has 24 heavy (non-hydrogen) atoms. The predicted octanol–water partition coefficient (Wildman–Crippen LogP) is 2.35. The van der Waals surface area contributed by atoms with Gasteiger partial charge in [0.25, 0.3) is 5.91 Å². The number of carbonyl (C=O) groups is 2. The molecule has 0 saturated carbocycles. The molecule has 2 aromatic heterocycles. The van der Waals surface area contributed by atoms with Gasteiger partial charge in [-0.25, -0.2) is 9.78 Å². The van der Waals surface area contributed by atoms with Crippen LogP contribution in [0.25, 0.3) is 21.9 Å². The van der Waals surface area contributed by atoms with Gasteiger partial charge in [0, 0.05) is 30.6 Å². The maximum absolute atomic E-state index is 12.1. The summed E-state index contributed by atoms with van der Waals surface area (Å²) < 4.78 is 9.63. The Hall–Kier alpha value is -3.16. The fraction of sp³-hybridized carbons (Fsp3) is 0.250. The summed E-state index contributed by atoms with van der Waals surface area (Å²) in [5.41, 5.74) is 2.59. The second kappa shape index (κ2) is 6.15. The summed E-state index contributed by atoms with van der Waals surface area (Å²) in [6, 6.07) is 5.19. The molecule has 0 unspecified atom stereocenters. The zero-order valence-electron chi connectivity index (χ0n) is 13.5. The second-order valence-corrected chi connectivity index (χ2v) is 5.28. The molecule has 0 radical (unpaired) electrons. The SMILES string of the molecule is CCOC(=O)Oc1ncc2[nH]c3ccc(C(=O)N(C)C)cc3c2n1. The van der Waals surface area contributed by atoms with Crippen molar-refractivity contribution in [2.24, 2.45) is 0 Å². The van der Waals surface area contributed by atoms with E-state index in [1.807, 2.05) is 0 Å². The Balaban J connectivity index is 2.06. The van der Waals surface area contributed by atoms with E-state index in [2.05, 4.69) is 15.0 Å². The fourth-order valence-electron chi connectivity index (χ4n) is 2.32. The number of rotatable bonds is 3. The number of H-pyrrole nitrogens is 1. The summed E-state index contributed by atoms with van der Waals surface area (Å²) in [7, 11) is 3.38. The zero-order chi connectivity index (χ0) is 17.3. The fourth-order valence-corrected chi connectivity index (χ4v) is 2.32. The van der Waals surface area contributed by atoms with Gasteiger partial charge in [0.2, 0.25) is 0 Å². The molecule has 0 fully saturated rings. The van der Waals surface area contributed by atoms with Crippen molar-refractivity contribution in [3.8, 4) is 6.01 Å². The van der Waals surface area contributed by atoms with E-state index in [1.165, 1.54) is 11.1 Å². The lowest BCUT2D eigenvalue weighted by Gasteiger charge is -2.09. The topological polar surface area (TPSA) is 97.4 Å². The first-order valence-corrected chi connectivity index (χ1v) is 7.34. The number of hydrogen-bond acceptors (Lipinski definition) is 6. The molecule has 8 heteroatoms. The minimum absolute atomic E-state index is 0.105. The van der Waals surface area contributed by atoms with Crippen LogP contribution in [0.1, 0.15) is 17.3 Å². The minimum atomic E-state index is -0.861. The first-order chi connectivity index (χ1) is 11.5. The van der Waals surface area contributed by atoms with Gasteiger partial charge in [-0.1, -0.05) is 0 Å². The van der Waals surface area contributed by atoms with E-state index in [9.17, 15) is 9.59 Å². The first-order valence-electron chi connectivity index (χ1n) is 7.34. The molecule has 0 atom stereocenters. The molecule has 1 aromatic carbocycles. The summed E-state index contributed by atoms with van der Waals surface area (Å²) in [4.78, 5) is 36.4. The molecule has 0 saturated heterocycles. The van der Waals surface area contributed by atoms with Gasteiger partial charge < -0.3 is 19.4 Å². The van der Waals surface area contributed by atoms with Crippen LogP contribution in [-0.2, 0) is 4.74 Å². The van der Waals surface area contributed by atoms with Crippen LogP contribution < -0.4 is 4.74 Å². The number of carbonyl (C=O) groups excluding carboxylic acids is 2. The van der Waals surface area contributed by atoms with Gasteiger partial charge in [-0.3, -0.25) is 4.79 Å². The molecule has 0 spiro atoms. The maximum Gasteiger partial charge on any atom is 0.516 e. The second-order valence-electron chi connectivity index (χ2n) is 5.28. The van der Waals surface area contributed by atoms with E-state index < -0.39 is 6.16 Å². The van der Waals surface area contributed by atoms with Crippen molar-refractivity contribution >= 4 is 34.0 Å². The molecule has 0 aliphatic carbocycles. The number of benzene rings is 1. The lowest BCUT2D eigenvalue weighted by Crippen LogP contribution is -2.21. The molecule has 3 aromatic rings. The number of ether oxygens (including phenoxy) is 2. The van der Waals surface area contributed by atoms with Crippen molar-refractivity contribution in [2.45, 2.75) is 6.92 Å². The van der Waals surface area contributed by atoms with Crippen LogP contribution >= 0.6 is 0 Å². The van der Waals surface area contributed by atoms with E-state index in [0.29, 0.717) is 16.6 Å². The van der Waals surface area contributed by atoms with Crippen LogP contribution in [0.3, 0.4) is 0 Å². The van der Waals surface area contributed by atoms with Crippen LogP contribution in [0.4, 0.5) is 4.79 Å². The van der Waals surface area contributed by atoms with Crippen LogP contribution in [-0.4, -0.2) is 52.6 Å². The largest absolute Gasteiger partial charge is 0.516 e. The van der Waals surface area contributed by atoms with E-state index in [0.717, 1.165) is 10.9 Å². The van der Waals surface area contributed by atoms with E-state index in [4.69, 9.17) is 9.47 Å². The van der Waals surface area contributed by atoms with Gasteiger partial charge >= 0.3 is 12.2 Å². The minimum Gasteiger partial charge on any atom is -0.434 e. The summed E-state index contributed by atoms with van der Waals surface area (Å²) >= 11 is 0. The Morgan fingerprint density at radius 2 is 2.04 bits per heavy atom. The molecular formula is C16H16N4O4. The molecule has 2 heterocycles. The van der Waals surface area contributed by atoms with E-state index >= 15 is 0 Å². The van der Waals surface area contributed by atoms with Gasteiger partial charge in [0.15, 0.2) is 0 Å². The highest BCUT2D eigenvalue weighted by atomic mass is 16.7. The number of nitrogens with one attached hydrogen (secondary N) is 1. The van der Waals surface area contributed by atoms with Gasteiger partial charge in [0.05, 0.1) is 18.3 Å². The zero-order valence-corrected chi connectivity index (χ0v) is 13.5. The molecule has 1 amide bonds. The summed E-state index contributed by atoms with van der Waals surface area (Å²) in [6.07, 6.45) is 0.657. The molecule has 124 valence electrons. The lowest BCUT2D eigenvalue weighted by atomic mass is 10.1. The van der Waals surface area contributed by atoms with Crippen molar-refractivity contribution in [2.75, 3.05) is 20.7 Å². The summed E-state index contributed by atoms with van der Waals surface area (Å²) in [5.74, 6) is -0.108. The van der Waals surface area contributed by atoms with Gasteiger partial charge in [-0.05, 0) is 25.1 Å². The molecule has 3 rings (SSSR count). The van der Waals surface area contributed by atoms with Gasteiger partial charge in [-0.15, -0.1) is 0 Å². The Kier molecular flexibility index (Phi) is 4.03.